The second-order valence-corrected chi connectivity index (χ2v) is 4.66. The van der Waals surface area contributed by atoms with Gasteiger partial charge in [-0.05, 0) is 30.5 Å². The minimum absolute atomic E-state index is 0.0826. The molecule has 0 saturated carbocycles. The molecule has 1 aliphatic heterocycles. The molecule has 0 atom stereocenters. The predicted molar refractivity (Wildman–Crippen MR) is 64.8 cm³/mol. The summed E-state index contributed by atoms with van der Waals surface area (Å²) in [7, 11) is 0. The number of piperidine rings is 1. The van der Waals surface area contributed by atoms with Gasteiger partial charge in [0.2, 0.25) is 5.91 Å². The molecule has 0 aromatic carbocycles. The Morgan fingerprint density at radius 2 is 2.24 bits per heavy atom. The third-order valence-corrected chi connectivity index (χ3v) is 3.17. The van der Waals surface area contributed by atoms with Gasteiger partial charge in [0.1, 0.15) is 5.15 Å². The standard InChI is InChI=1S/C12H15ClN2O2/c13-11-7-9(1-4-14-11)8-12(17)15-5-2-10(16)3-6-15/h1,4,7,10,16H,2-3,5-6,8H2. The molecule has 1 aromatic rings. The summed E-state index contributed by atoms with van der Waals surface area (Å²) in [6.07, 6.45) is 3.03. The van der Waals surface area contributed by atoms with Crippen LogP contribution in [0.4, 0.5) is 0 Å². The summed E-state index contributed by atoms with van der Waals surface area (Å²) >= 11 is 5.76. The first-order valence-corrected chi connectivity index (χ1v) is 6.09. The molecule has 0 radical (unpaired) electrons. The number of likely N-dealkylation sites (tertiary alicyclic amines) is 1. The van der Waals surface area contributed by atoms with E-state index in [0.29, 0.717) is 37.5 Å². The van der Waals surface area contributed by atoms with E-state index >= 15 is 0 Å². The van der Waals surface area contributed by atoms with Crippen LogP contribution in [0.1, 0.15) is 18.4 Å². The van der Waals surface area contributed by atoms with Crippen LogP contribution in [0, 0.1) is 0 Å². The van der Waals surface area contributed by atoms with Crippen LogP contribution >= 0.6 is 11.6 Å². The first-order valence-electron chi connectivity index (χ1n) is 5.71. The Kier molecular flexibility index (Phi) is 3.97. The zero-order valence-electron chi connectivity index (χ0n) is 9.47. The van der Waals surface area contributed by atoms with Gasteiger partial charge in [-0.1, -0.05) is 11.6 Å². The SMILES string of the molecule is O=C(Cc1ccnc(Cl)c1)N1CCC(O)CC1. The summed E-state index contributed by atoms with van der Waals surface area (Å²) in [5.74, 6) is 0.0826. The number of carbonyl (C=O) groups excluding carboxylic acids is 1. The Hall–Kier alpha value is -1.13. The quantitative estimate of drug-likeness (QED) is 0.809. The lowest BCUT2D eigenvalue weighted by Crippen LogP contribution is -2.40. The number of aliphatic hydroxyl groups excluding tert-OH is 1. The number of nitrogens with zero attached hydrogens (tertiary/aromatic N) is 2. The van der Waals surface area contributed by atoms with Crippen molar-refractivity contribution >= 4 is 17.5 Å². The van der Waals surface area contributed by atoms with E-state index in [1.165, 1.54) is 0 Å². The highest BCUT2D eigenvalue weighted by atomic mass is 35.5. The Balaban J connectivity index is 1.93. The van der Waals surface area contributed by atoms with E-state index in [4.69, 9.17) is 11.6 Å². The number of amides is 1. The van der Waals surface area contributed by atoms with Crippen molar-refractivity contribution in [1.29, 1.82) is 0 Å². The summed E-state index contributed by atoms with van der Waals surface area (Å²) in [6, 6.07) is 3.50. The maximum absolute atomic E-state index is 12.0. The van der Waals surface area contributed by atoms with Gasteiger partial charge in [-0.15, -0.1) is 0 Å². The van der Waals surface area contributed by atoms with Crippen molar-refractivity contribution < 1.29 is 9.90 Å². The summed E-state index contributed by atoms with van der Waals surface area (Å²) in [5.41, 5.74) is 0.876. The van der Waals surface area contributed by atoms with E-state index in [2.05, 4.69) is 4.98 Å². The number of hydrogen-bond acceptors (Lipinski definition) is 3. The number of aromatic nitrogens is 1. The average Bonchev–Trinajstić information content (AvgIpc) is 2.29. The molecule has 92 valence electrons. The smallest absolute Gasteiger partial charge is 0.226 e. The van der Waals surface area contributed by atoms with E-state index < -0.39 is 0 Å². The van der Waals surface area contributed by atoms with Crippen LogP contribution in [-0.2, 0) is 11.2 Å². The maximum atomic E-state index is 12.0. The van der Waals surface area contributed by atoms with Crippen molar-refractivity contribution in [2.24, 2.45) is 0 Å². The van der Waals surface area contributed by atoms with Gasteiger partial charge >= 0.3 is 0 Å². The summed E-state index contributed by atoms with van der Waals surface area (Å²) in [6.45, 7) is 1.28. The van der Waals surface area contributed by atoms with Gasteiger partial charge in [0.25, 0.3) is 0 Å². The highest BCUT2D eigenvalue weighted by molar-refractivity contribution is 6.29. The van der Waals surface area contributed by atoms with Crippen molar-refractivity contribution in [3.8, 4) is 0 Å². The van der Waals surface area contributed by atoms with E-state index in [1.807, 2.05) is 0 Å². The third-order valence-electron chi connectivity index (χ3n) is 2.96. The molecule has 2 heterocycles. The molecule has 1 aromatic heterocycles. The second kappa shape index (κ2) is 5.47. The van der Waals surface area contributed by atoms with Gasteiger partial charge in [-0.3, -0.25) is 4.79 Å². The Labute approximate surface area is 105 Å². The zero-order valence-corrected chi connectivity index (χ0v) is 10.2. The van der Waals surface area contributed by atoms with E-state index in [9.17, 15) is 9.90 Å². The minimum Gasteiger partial charge on any atom is -0.393 e. The number of carbonyl (C=O) groups is 1. The highest BCUT2D eigenvalue weighted by Crippen LogP contribution is 2.13. The molecule has 17 heavy (non-hydrogen) atoms. The molecule has 1 aliphatic rings. The van der Waals surface area contributed by atoms with Gasteiger partial charge in [0.05, 0.1) is 12.5 Å². The lowest BCUT2D eigenvalue weighted by molar-refractivity contribution is -0.132. The van der Waals surface area contributed by atoms with Crippen LogP contribution in [0.3, 0.4) is 0 Å². The van der Waals surface area contributed by atoms with E-state index in [-0.39, 0.29) is 12.0 Å². The summed E-state index contributed by atoms with van der Waals surface area (Å²) in [5, 5.41) is 9.78. The minimum atomic E-state index is -0.255. The average molecular weight is 255 g/mol. The van der Waals surface area contributed by atoms with Crippen molar-refractivity contribution in [1.82, 2.24) is 9.88 Å². The maximum Gasteiger partial charge on any atom is 0.226 e. The molecular formula is C12H15ClN2O2. The fourth-order valence-electron chi connectivity index (χ4n) is 1.95. The van der Waals surface area contributed by atoms with Gasteiger partial charge < -0.3 is 10.0 Å². The van der Waals surface area contributed by atoms with Crippen LogP contribution < -0.4 is 0 Å². The van der Waals surface area contributed by atoms with Crippen molar-refractivity contribution in [3.05, 3.63) is 29.0 Å². The molecule has 0 aliphatic carbocycles. The molecule has 4 nitrogen and oxygen atoms in total. The first-order chi connectivity index (χ1) is 8.15. The molecule has 5 heteroatoms. The van der Waals surface area contributed by atoms with Gasteiger partial charge in [-0.25, -0.2) is 4.98 Å². The molecule has 1 saturated heterocycles. The van der Waals surface area contributed by atoms with E-state index in [1.54, 1.807) is 23.2 Å². The molecule has 2 rings (SSSR count). The van der Waals surface area contributed by atoms with Gasteiger partial charge in [0.15, 0.2) is 0 Å². The molecule has 0 spiro atoms. The fourth-order valence-corrected chi connectivity index (χ4v) is 2.15. The third kappa shape index (κ3) is 3.41. The largest absolute Gasteiger partial charge is 0.393 e. The normalized spacial score (nSPS) is 17.2. The number of aliphatic hydroxyl groups is 1. The summed E-state index contributed by atoms with van der Waals surface area (Å²) < 4.78 is 0. The van der Waals surface area contributed by atoms with E-state index in [0.717, 1.165) is 5.56 Å². The Bertz CT molecular complexity index is 403. The van der Waals surface area contributed by atoms with Crippen LogP contribution in [0.25, 0.3) is 0 Å². The molecule has 0 bridgehead atoms. The monoisotopic (exact) mass is 254 g/mol. The van der Waals surface area contributed by atoms with Crippen molar-refractivity contribution in [2.45, 2.75) is 25.4 Å². The van der Waals surface area contributed by atoms with Gasteiger partial charge in [-0.2, -0.15) is 0 Å². The van der Waals surface area contributed by atoms with Crippen molar-refractivity contribution in [3.63, 3.8) is 0 Å². The molecule has 0 unspecified atom stereocenters. The van der Waals surface area contributed by atoms with Crippen LogP contribution in [0.15, 0.2) is 18.3 Å². The number of pyridine rings is 1. The first kappa shape index (κ1) is 12.3. The van der Waals surface area contributed by atoms with Crippen molar-refractivity contribution in [2.75, 3.05) is 13.1 Å². The van der Waals surface area contributed by atoms with Crippen LogP contribution in [-0.4, -0.2) is 40.1 Å². The Morgan fingerprint density at radius 3 is 2.88 bits per heavy atom. The second-order valence-electron chi connectivity index (χ2n) is 4.28. The molecule has 1 N–H and O–H groups in total. The topological polar surface area (TPSA) is 53.4 Å². The van der Waals surface area contributed by atoms with Crippen LogP contribution in [0.5, 0.6) is 0 Å². The Morgan fingerprint density at radius 1 is 1.53 bits per heavy atom. The molecule has 1 amide bonds. The fraction of sp³-hybridized carbons (Fsp3) is 0.500. The number of hydrogen-bond donors (Lipinski definition) is 1. The highest BCUT2D eigenvalue weighted by Gasteiger charge is 2.21. The molecule has 1 fully saturated rings. The lowest BCUT2D eigenvalue weighted by Gasteiger charge is -2.29. The number of rotatable bonds is 2. The number of halogens is 1. The van der Waals surface area contributed by atoms with Gasteiger partial charge in [0, 0.05) is 19.3 Å². The molecular weight excluding hydrogens is 240 g/mol. The predicted octanol–water partition coefficient (Wildman–Crippen LogP) is 1.26. The lowest BCUT2D eigenvalue weighted by atomic mass is 10.1. The summed E-state index contributed by atoms with van der Waals surface area (Å²) in [4.78, 5) is 17.6. The zero-order chi connectivity index (χ0) is 12.3. The van der Waals surface area contributed by atoms with Crippen LogP contribution in [0.2, 0.25) is 5.15 Å².